The van der Waals surface area contributed by atoms with Crippen molar-refractivity contribution < 1.29 is 4.79 Å². The van der Waals surface area contributed by atoms with Crippen molar-refractivity contribution in [2.24, 2.45) is 0 Å². The lowest BCUT2D eigenvalue weighted by atomic mass is 10.2. The van der Waals surface area contributed by atoms with Gasteiger partial charge in [-0.25, -0.2) is 4.98 Å². The van der Waals surface area contributed by atoms with Gasteiger partial charge in [0, 0.05) is 35.5 Å². The molecule has 0 bridgehead atoms. The number of thiophene rings is 2. The van der Waals surface area contributed by atoms with Gasteiger partial charge in [-0.05, 0) is 11.4 Å². The lowest BCUT2D eigenvalue weighted by Gasteiger charge is -2.20. The lowest BCUT2D eigenvalue weighted by molar-refractivity contribution is -0.128. The molecule has 0 spiro atoms. The number of nitrogens with zero attached hydrogens (tertiary/aromatic N) is 5. The summed E-state index contributed by atoms with van der Waals surface area (Å²) in [5.41, 5.74) is 0.715. The van der Waals surface area contributed by atoms with Gasteiger partial charge >= 0.3 is 0 Å². The van der Waals surface area contributed by atoms with Crippen molar-refractivity contribution in [3.8, 4) is 22.6 Å². The molecule has 1 amide bonds. The zero-order valence-corrected chi connectivity index (χ0v) is 19.1. The van der Waals surface area contributed by atoms with Gasteiger partial charge in [0.1, 0.15) is 4.83 Å². The fraction of sp³-hybridized carbons (Fsp3) is 0.286. The summed E-state index contributed by atoms with van der Waals surface area (Å²) in [6, 6.07) is 7.96. The maximum atomic E-state index is 13.3. The second-order valence-corrected chi connectivity index (χ2v) is 9.14. The van der Waals surface area contributed by atoms with Crippen LogP contribution in [0.4, 0.5) is 0 Å². The van der Waals surface area contributed by atoms with Crippen LogP contribution in [-0.2, 0) is 11.3 Å². The number of nitriles is 2. The Kier molecular flexibility index (Phi) is 8.01. The van der Waals surface area contributed by atoms with Gasteiger partial charge in [-0.3, -0.25) is 14.2 Å². The van der Waals surface area contributed by atoms with Crippen LogP contribution in [0, 0.1) is 22.7 Å². The molecule has 0 N–H and O–H groups in total. The van der Waals surface area contributed by atoms with Gasteiger partial charge in [0.25, 0.3) is 5.56 Å². The molecule has 3 heterocycles. The van der Waals surface area contributed by atoms with Gasteiger partial charge < -0.3 is 4.90 Å². The number of carbonyl (C=O) groups excluding carboxylic acids is 1. The van der Waals surface area contributed by atoms with Crippen LogP contribution in [0.3, 0.4) is 0 Å². The van der Waals surface area contributed by atoms with Crippen molar-refractivity contribution in [2.45, 2.75) is 24.5 Å². The van der Waals surface area contributed by atoms with Crippen LogP contribution < -0.4 is 5.56 Å². The molecule has 0 saturated carbocycles. The molecule has 10 heteroatoms. The van der Waals surface area contributed by atoms with Crippen LogP contribution in [0.2, 0.25) is 0 Å². The molecule has 0 aliphatic rings. The highest BCUT2D eigenvalue weighted by Gasteiger charge is 2.19. The highest BCUT2D eigenvalue weighted by molar-refractivity contribution is 7.99. The largest absolute Gasteiger partial charge is 0.340 e. The molecule has 0 radical (unpaired) electrons. The Morgan fingerprint density at radius 1 is 1.29 bits per heavy atom. The fourth-order valence-electron chi connectivity index (χ4n) is 2.97. The van der Waals surface area contributed by atoms with E-state index in [0.717, 1.165) is 10.4 Å². The van der Waals surface area contributed by atoms with Crippen molar-refractivity contribution in [2.75, 3.05) is 18.8 Å². The number of aromatic nitrogens is 2. The molecule has 158 valence electrons. The number of carbonyl (C=O) groups is 1. The average Bonchev–Trinajstić information content (AvgIpc) is 3.44. The van der Waals surface area contributed by atoms with E-state index in [2.05, 4.69) is 11.6 Å². The SMILES string of the molecule is C=CCn1c(SCC(=O)N(CCC#N)CCC#N)nc2scc(-c3cccs3)c2c1=O. The van der Waals surface area contributed by atoms with Crippen molar-refractivity contribution in [1.29, 1.82) is 10.5 Å². The number of rotatable bonds is 10. The number of allylic oxidation sites excluding steroid dienone is 1. The molecule has 7 nitrogen and oxygen atoms in total. The standard InChI is InChI=1S/C21H19N5O2S3/c1-2-9-26-20(28)18-15(16-6-3-12-29-16)13-30-19(18)24-21(26)31-14-17(27)25(10-4-7-22)11-5-8-23/h2-3,6,12-13H,1,4-5,9-11,14H2. The van der Waals surface area contributed by atoms with E-state index >= 15 is 0 Å². The van der Waals surface area contributed by atoms with Gasteiger partial charge in [-0.15, -0.1) is 29.3 Å². The Balaban J connectivity index is 1.89. The van der Waals surface area contributed by atoms with Gasteiger partial charge in [0.05, 0.1) is 36.1 Å². The van der Waals surface area contributed by atoms with Crippen LogP contribution in [0.5, 0.6) is 0 Å². The summed E-state index contributed by atoms with van der Waals surface area (Å²) < 4.78 is 1.53. The smallest absolute Gasteiger partial charge is 0.263 e. The molecule has 3 rings (SSSR count). The van der Waals surface area contributed by atoms with Crippen molar-refractivity contribution in [3.05, 3.63) is 45.9 Å². The molecule has 0 aromatic carbocycles. The van der Waals surface area contributed by atoms with Crippen LogP contribution >= 0.6 is 34.4 Å². The first kappa shape index (κ1) is 22.8. The normalized spacial score (nSPS) is 10.5. The Morgan fingerprint density at radius 3 is 2.65 bits per heavy atom. The Labute approximate surface area is 191 Å². The molecule has 0 atom stereocenters. The number of hydrogen-bond acceptors (Lipinski definition) is 8. The predicted octanol–water partition coefficient (Wildman–Crippen LogP) is 4.12. The molecule has 0 unspecified atom stereocenters. The summed E-state index contributed by atoms with van der Waals surface area (Å²) in [5.74, 6) is -0.129. The van der Waals surface area contributed by atoms with Crippen LogP contribution in [0.1, 0.15) is 12.8 Å². The van der Waals surface area contributed by atoms with Crippen LogP contribution in [0.25, 0.3) is 20.7 Å². The van der Waals surface area contributed by atoms with Crippen molar-refractivity contribution in [3.63, 3.8) is 0 Å². The lowest BCUT2D eigenvalue weighted by Crippen LogP contribution is -2.34. The van der Waals surface area contributed by atoms with E-state index < -0.39 is 0 Å². The maximum absolute atomic E-state index is 13.3. The van der Waals surface area contributed by atoms with Crippen LogP contribution in [-0.4, -0.2) is 39.2 Å². The molecular weight excluding hydrogens is 450 g/mol. The maximum Gasteiger partial charge on any atom is 0.263 e. The number of fused-ring (bicyclic) bond motifs is 1. The minimum absolute atomic E-state index is 0.0646. The van der Waals surface area contributed by atoms with Crippen molar-refractivity contribution >= 4 is 50.6 Å². The Bertz CT molecular complexity index is 1200. The summed E-state index contributed by atoms with van der Waals surface area (Å²) in [7, 11) is 0. The first-order valence-electron chi connectivity index (χ1n) is 9.42. The molecular formula is C21H19N5O2S3. The molecule has 31 heavy (non-hydrogen) atoms. The Hall–Kier alpha value is -2.92. The molecule has 3 aromatic rings. The quantitative estimate of drug-likeness (QED) is 0.251. The van der Waals surface area contributed by atoms with E-state index in [1.807, 2.05) is 35.0 Å². The number of thioether (sulfide) groups is 1. The Morgan fingerprint density at radius 2 is 2.03 bits per heavy atom. The van der Waals surface area contributed by atoms with Gasteiger partial charge in [-0.2, -0.15) is 10.5 Å². The second-order valence-electron chi connectivity index (χ2n) is 6.39. The van der Waals surface area contributed by atoms with Gasteiger partial charge in [-0.1, -0.05) is 23.9 Å². The first-order chi connectivity index (χ1) is 15.1. The highest BCUT2D eigenvalue weighted by atomic mass is 32.2. The third-order valence-electron chi connectivity index (χ3n) is 4.42. The average molecular weight is 470 g/mol. The third-order valence-corrected chi connectivity index (χ3v) is 7.16. The fourth-order valence-corrected chi connectivity index (χ4v) is 5.68. The summed E-state index contributed by atoms with van der Waals surface area (Å²) in [6.07, 6.45) is 2.03. The summed E-state index contributed by atoms with van der Waals surface area (Å²) in [4.78, 5) is 33.8. The van der Waals surface area contributed by atoms with E-state index in [4.69, 9.17) is 10.5 Å². The van der Waals surface area contributed by atoms with E-state index in [9.17, 15) is 9.59 Å². The highest BCUT2D eigenvalue weighted by Crippen LogP contribution is 2.34. The van der Waals surface area contributed by atoms with Gasteiger partial charge in [0.15, 0.2) is 5.16 Å². The zero-order chi connectivity index (χ0) is 22.2. The van der Waals surface area contributed by atoms with E-state index in [1.54, 1.807) is 17.4 Å². The summed E-state index contributed by atoms with van der Waals surface area (Å²) in [5, 5.41) is 22.6. The molecule has 3 aromatic heterocycles. The molecule has 0 saturated heterocycles. The first-order valence-corrected chi connectivity index (χ1v) is 12.2. The summed E-state index contributed by atoms with van der Waals surface area (Å²) >= 11 is 4.16. The van der Waals surface area contributed by atoms with E-state index in [1.165, 1.54) is 32.6 Å². The molecule has 0 aliphatic heterocycles. The summed E-state index contributed by atoms with van der Waals surface area (Å²) in [6.45, 7) is 4.58. The van der Waals surface area contributed by atoms with Crippen LogP contribution in [0.15, 0.2) is 45.5 Å². The van der Waals surface area contributed by atoms with Crippen molar-refractivity contribution in [1.82, 2.24) is 14.5 Å². The third kappa shape index (κ3) is 5.23. The second kappa shape index (κ2) is 10.9. The molecule has 0 aliphatic carbocycles. The molecule has 0 fully saturated rings. The number of amides is 1. The number of hydrogen-bond donors (Lipinski definition) is 0. The topological polar surface area (TPSA) is 103 Å². The minimum atomic E-state index is -0.194. The van der Waals surface area contributed by atoms with Gasteiger partial charge in [0.2, 0.25) is 5.91 Å². The van der Waals surface area contributed by atoms with E-state index in [0.29, 0.717) is 15.4 Å². The predicted molar refractivity (Wildman–Crippen MR) is 125 cm³/mol. The van der Waals surface area contributed by atoms with E-state index in [-0.39, 0.29) is 49.7 Å². The zero-order valence-electron chi connectivity index (χ0n) is 16.6. The minimum Gasteiger partial charge on any atom is -0.340 e. The monoisotopic (exact) mass is 469 g/mol.